The van der Waals surface area contributed by atoms with Crippen molar-refractivity contribution < 1.29 is 71.1 Å². The van der Waals surface area contributed by atoms with Gasteiger partial charge in [-0.15, -0.1) is 0 Å². The van der Waals surface area contributed by atoms with Gasteiger partial charge >= 0.3 is 24.3 Å². The number of hydrogen-bond donors (Lipinski definition) is 0. The Bertz CT molecular complexity index is 764. The second-order valence-corrected chi connectivity index (χ2v) is 12.2. The number of hydrogen-bond acceptors (Lipinski definition) is 15. The minimum Gasteiger partial charge on any atom is -0.349 e. The standard InChI is InChI=1S/C38H78O15/c1-13-21-25-31-49-37(47-29-23-15-3,51-33(39-9)35(41-11,43-19-7)45-27-17-5)53-38(48-30-24-16-4,50-32-26-22-14-2)52-34(40-10)36(42-12,44-20-8)46-28-18-6/h33-34H,13-32H2,1-12H3. The van der Waals surface area contributed by atoms with E-state index in [4.69, 9.17) is 71.1 Å². The topological polar surface area (TPSA) is 138 Å². The van der Waals surface area contributed by atoms with E-state index in [1.165, 1.54) is 28.4 Å². The largest absolute Gasteiger partial charge is 0.421 e. The third kappa shape index (κ3) is 18.9. The Labute approximate surface area is 321 Å². The number of unbranched alkanes of at least 4 members (excludes halogenated alkanes) is 6. The first-order chi connectivity index (χ1) is 25.6. The molecule has 0 rings (SSSR count). The molecule has 53 heavy (non-hydrogen) atoms. The van der Waals surface area contributed by atoms with Crippen LogP contribution in [0.15, 0.2) is 0 Å². The van der Waals surface area contributed by atoms with Gasteiger partial charge in [0.2, 0.25) is 12.6 Å². The zero-order valence-electron chi connectivity index (χ0n) is 35.4. The molecule has 0 N–H and O–H groups in total. The molecule has 0 aliphatic carbocycles. The van der Waals surface area contributed by atoms with Crippen molar-refractivity contribution in [2.75, 3.05) is 81.3 Å². The summed E-state index contributed by atoms with van der Waals surface area (Å²) in [7, 11) is 5.70. The predicted octanol–water partition coefficient (Wildman–Crippen LogP) is 7.78. The fourth-order valence-electron chi connectivity index (χ4n) is 4.79. The van der Waals surface area contributed by atoms with Crippen LogP contribution in [0.25, 0.3) is 0 Å². The van der Waals surface area contributed by atoms with Gasteiger partial charge in [-0.1, -0.05) is 80.1 Å². The summed E-state index contributed by atoms with van der Waals surface area (Å²) in [6.07, 6.45) is 1.38. The lowest BCUT2D eigenvalue weighted by Gasteiger charge is -2.45. The molecule has 0 bridgehead atoms. The molecule has 15 heteroatoms. The van der Waals surface area contributed by atoms with Crippen LogP contribution in [-0.2, 0) is 71.1 Å². The van der Waals surface area contributed by atoms with Crippen molar-refractivity contribution in [2.24, 2.45) is 0 Å². The van der Waals surface area contributed by atoms with Crippen molar-refractivity contribution in [2.45, 2.75) is 169 Å². The molecule has 0 saturated carbocycles. The van der Waals surface area contributed by atoms with Gasteiger partial charge in [-0.05, 0) is 52.4 Å². The van der Waals surface area contributed by atoms with Crippen molar-refractivity contribution in [1.82, 2.24) is 0 Å². The highest BCUT2D eigenvalue weighted by atomic mass is 17.1. The number of ether oxygens (including phenoxy) is 15. The molecule has 0 saturated heterocycles. The molecule has 0 spiro atoms. The molecule has 0 aromatic heterocycles. The Balaban J connectivity index is 7.76. The van der Waals surface area contributed by atoms with Crippen LogP contribution in [0.2, 0.25) is 0 Å². The highest BCUT2D eigenvalue weighted by molar-refractivity contribution is 4.69. The van der Waals surface area contributed by atoms with E-state index >= 15 is 0 Å². The fraction of sp³-hybridized carbons (Fsp3) is 1.00. The zero-order chi connectivity index (χ0) is 39.9. The van der Waals surface area contributed by atoms with Gasteiger partial charge in [-0.25, -0.2) is 4.74 Å². The van der Waals surface area contributed by atoms with Crippen molar-refractivity contribution in [3.8, 4) is 0 Å². The van der Waals surface area contributed by atoms with Crippen LogP contribution >= 0.6 is 0 Å². The van der Waals surface area contributed by atoms with Gasteiger partial charge in [0.05, 0.1) is 39.6 Å². The molecule has 6 unspecified atom stereocenters. The van der Waals surface area contributed by atoms with E-state index in [-0.39, 0.29) is 52.9 Å². The first kappa shape index (κ1) is 52.4. The van der Waals surface area contributed by atoms with Crippen LogP contribution in [0.3, 0.4) is 0 Å². The van der Waals surface area contributed by atoms with Crippen LogP contribution in [0.4, 0.5) is 0 Å². The van der Waals surface area contributed by atoms with E-state index in [1.807, 2.05) is 27.7 Å². The lowest BCUT2D eigenvalue weighted by molar-refractivity contribution is -0.653. The molecule has 0 aliphatic heterocycles. The SMILES string of the molecule is CCCCCOC(OCCCC)(OC(OC)C(OC)(OCC)OCCC)OC(OCCCC)(OCCCCC)OC(OC)C(OC)(OCC)OCCC. The average molecular weight is 775 g/mol. The van der Waals surface area contributed by atoms with E-state index in [9.17, 15) is 0 Å². The summed E-state index contributed by atoms with van der Waals surface area (Å²) in [5.41, 5.74) is 0. The Kier molecular flexibility index (Phi) is 31.1. The maximum atomic E-state index is 6.76. The van der Waals surface area contributed by atoms with Gasteiger partial charge in [0.25, 0.3) is 0 Å². The molecule has 0 aromatic carbocycles. The zero-order valence-corrected chi connectivity index (χ0v) is 35.4. The van der Waals surface area contributed by atoms with Crippen LogP contribution in [-0.4, -0.2) is 118 Å². The Morgan fingerprint density at radius 1 is 0.358 bits per heavy atom. The van der Waals surface area contributed by atoms with E-state index in [0.717, 1.165) is 38.5 Å². The summed E-state index contributed by atoms with van der Waals surface area (Å²) in [6, 6.07) is 0. The molecule has 0 aliphatic rings. The first-order valence-corrected chi connectivity index (χ1v) is 20.0. The minimum absolute atomic E-state index is 0.139. The van der Waals surface area contributed by atoms with Crippen LogP contribution in [0, 0.1) is 0 Å². The summed E-state index contributed by atoms with van der Waals surface area (Å²) < 4.78 is 93.5. The molecule has 320 valence electrons. The molecule has 6 atom stereocenters. The minimum atomic E-state index is -2.42. The summed E-state index contributed by atoms with van der Waals surface area (Å²) in [4.78, 5) is 0. The van der Waals surface area contributed by atoms with Crippen molar-refractivity contribution in [1.29, 1.82) is 0 Å². The van der Waals surface area contributed by atoms with E-state index in [2.05, 4.69) is 13.8 Å². The van der Waals surface area contributed by atoms with E-state index < -0.39 is 36.8 Å². The lowest BCUT2D eigenvalue weighted by Crippen LogP contribution is -2.63. The van der Waals surface area contributed by atoms with Gasteiger partial charge in [-0.3, -0.25) is 9.47 Å². The van der Waals surface area contributed by atoms with Crippen molar-refractivity contribution in [3.05, 3.63) is 0 Å². The predicted molar refractivity (Wildman–Crippen MR) is 198 cm³/mol. The average Bonchev–Trinajstić information content (AvgIpc) is 3.17. The molecular formula is C38H78O15. The second kappa shape index (κ2) is 31.5. The van der Waals surface area contributed by atoms with Gasteiger partial charge in [0.1, 0.15) is 0 Å². The molecule has 0 aromatic rings. The molecular weight excluding hydrogens is 696 g/mol. The summed E-state index contributed by atoms with van der Waals surface area (Å²) in [5, 5.41) is 0. The smallest absolute Gasteiger partial charge is 0.349 e. The fourth-order valence-corrected chi connectivity index (χ4v) is 4.79. The highest BCUT2D eigenvalue weighted by Gasteiger charge is 2.58. The normalized spacial score (nSPS) is 17.9. The lowest BCUT2D eigenvalue weighted by atomic mass is 10.3. The van der Waals surface area contributed by atoms with E-state index in [0.29, 0.717) is 38.5 Å². The molecule has 15 nitrogen and oxygen atoms in total. The molecule has 0 radical (unpaired) electrons. The Hall–Kier alpha value is -0.600. The van der Waals surface area contributed by atoms with Crippen LogP contribution in [0.1, 0.15) is 132 Å². The molecule has 0 fully saturated rings. The van der Waals surface area contributed by atoms with Gasteiger partial charge in [-0.2, -0.15) is 0 Å². The molecule has 0 heterocycles. The monoisotopic (exact) mass is 775 g/mol. The maximum Gasteiger partial charge on any atom is 0.421 e. The van der Waals surface area contributed by atoms with Gasteiger partial charge in [0.15, 0.2) is 0 Å². The molecule has 0 amide bonds. The first-order valence-electron chi connectivity index (χ1n) is 20.0. The highest BCUT2D eigenvalue weighted by Crippen LogP contribution is 2.38. The number of methoxy groups -OCH3 is 4. The third-order valence-corrected chi connectivity index (χ3v) is 7.64. The third-order valence-electron chi connectivity index (χ3n) is 7.64. The summed E-state index contributed by atoms with van der Waals surface area (Å²) in [5.74, 6) is -3.71. The Morgan fingerprint density at radius 3 is 0.962 bits per heavy atom. The van der Waals surface area contributed by atoms with Crippen molar-refractivity contribution >= 4 is 0 Å². The maximum absolute atomic E-state index is 6.76. The summed E-state index contributed by atoms with van der Waals surface area (Å²) >= 11 is 0. The second-order valence-electron chi connectivity index (χ2n) is 12.2. The van der Waals surface area contributed by atoms with Crippen molar-refractivity contribution in [3.63, 3.8) is 0 Å². The number of rotatable bonds is 40. The van der Waals surface area contributed by atoms with Crippen LogP contribution in [0.5, 0.6) is 0 Å². The Morgan fingerprint density at radius 2 is 0.698 bits per heavy atom. The summed E-state index contributed by atoms with van der Waals surface area (Å²) in [6.45, 7) is 17.3. The van der Waals surface area contributed by atoms with Crippen LogP contribution < -0.4 is 0 Å². The quantitative estimate of drug-likeness (QED) is 0.0442. The van der Waals surface area contributed by atoms with Gasteiger partial charge < -0.3 is 56.8 Å². The van der Waals surface area contributed by atoms with Gasteiger partial charge in [0, 0.05) is 41.7 Å². The van der Waals surface area contributed by atoms with E-state index in [1.54, 1.807) is 13.8 Å².